The molecule has 0 aliphatic heterocycles. The van der Waals surface area contributed by atoms with Gasteiger partial charge in [-0.25, -0.2) is 4.98 Å². The minimum absolute atomic E-state index is 0.901. The molecule has 2 rings (SSSR count). The van der Waals surface area contributed by atoms with E-state index in [0.717, 1.165) is 38.4 Å². The molecule has 0 aliphatic rings. The molecular weight excluding hydrogens is 260 g/mol. The predicted octanol–water partition coefficient (Wildman–Crippen LogP) is 3.32. The van der Waals surface area contributed by atoms with Gasteiger partial charge in [0, 0.05) is 43.8 Å². The summed E-state index contributed by atoms with van der Waals surface area (Å²) in [5.41, 5.74) is 2.54. The highest BCUT2D eigenvalue weighted by Gasteiger charge is 2.09. The molecule has 0 radical (unpaired) electrons. The van der Waals surface area contributed by atoms with E-state index in [9.17, 15) is 0 Å². The smallest absolute Gasteiger partial charge is 0.130 e. The van der Waals surface area contributed by atoms with Gasteiger partial charge >= 0.3 is 0 Å². The fraction of sp³-hybridized carbons (Fsp3) is 0.412. The van der Waals surface area contributed by atoms with Crippen molar-refractivity contribution < 1.29 is 0 Å². The Balaban J connectivity index is 2.04. The van der Waals surface area contributed by atoms with Gasteiger partial charge in [-0.1, -0.05) is 19.9 Å². The standard InChI is InChI=1S/C17H24N4/c1-3-9-19-17-16(6-5-10-20-17)14-21(4-2)13-15-7-11-18-12-8-15/h5-8,10-12H,3-4,9,13-14H2,1-2H3,(H,19,20). The Morgan fingerprint density at radius 2 is 1.86 bits per heavy atom. The van der Waals surface area contributed by atoms with E-state index in [1.54, 1.807) is 0 Å². The molecule has 2 aromatic heterocycles. The Morgan fingerprint density at radius 1 is 1.05 bits per heavy atom. The Labute approximate surface area is 127 Å². The van der Waals surface area contributed by atoms with Crippen LogP contribution in [-0.2, 0) is 13.1 Å². The maximum Gasteiger partial charge on any atom is 0.130 e. The molecular formula is C17H24N4. The summed E-state index contributed by atoms with van der Waals surface area (Å²) in [5, 5.41) is 3.41. The quantitative estimate of drug-likeness (QED) is 0.807. The molecule has 112 valence electrons. The van der Waals surface area contributed by atoms with Gasteiger partial charge in [-0.3, -0.25) is 9.88 Å². The van der Waals surface area contributed by atoms with Crippen molar-refractivity contribution in [2.45, 2.75) is 33.4 Å². The van der Waals surface area contributed by atoms with E-state index in [-0.39, 0.29) is 0 Å². The van der Waals surface area contributed by atoms with Gasteiger partial charge < -0.3 is 5.32 Å². The summed E-state index contributed by atoms with van der Waals surface area (Å²) >= 11 is 0. The van der Waals surface area contributed by atoms with E-state index >= 15 is 0 Å². The molecule has 0 saturated carbocycles. The average Bonchev–Trinajstić information content (AvgIpc) is 2.54. The normalized spacial score (nSPS) is 10.8. The summed E-state index contributed by atoms with van der Waals surface area (Å²) in [6, 6.07) is 8.30. The van der Waals surface area contributed by atoms with Crippen molar-refractivity contribution in [1.82, 2.24) is 14.9 Å². The lowest BCUT2D eigenvalue weighted by atomic mass is 10.2. The number of anilines is 1. The SMILES string of the molecule is CCCNc1ncccc1CN(CC)Cc1ccncc1. The number of nitrogens with one attached hydrogen (secondary N) is 1. The first-order chi connectivity index (χ1) is 10.3. The zero-order valence-corrected chi connectivity index (χ0v) is 12.9. The zero-order chi connectivity index (χ0) is 14.9. The third-order valence-electron chi connectivity index (χ3n) is 3.43. The van der Waals surface area contributed by atoms with E-state index in [0.29, 0.717) is 0 Å². The molecule has 21 heavy (non-hydrogen) atoms. The van der Waals surface area contributed by atoms with Crippen LogP contribution in [0.2, 0.25) is 0 Å². The van der Waals surface area contributed by atoms with Crippen molar-refractivity contribution in [2.24, 2.45) is 0 Å². The number of hydrogen-bond acceptors (Lipinski definition) is 4. The second kappa shape index (κ2) is 8.37. The van der Waals surface area contributed by atoms with E-state index < -0.39 is 0 Å². The van der Waals surface area contributed by atoms with Crippen molar-refractivity contribution in [3.8, 4) is 0 Å². The third-order valence-corrected chi connectivity index (χ3v) is 3.43. The second-order valence-electron chi connectivity index (χ2n) is 5.10. The summed E-state index contributed by atoms with van der Waals surface area (Å²) in [7, 11) is 0. The van der Waals surface area contributed by atoms with Gasteiger partial charge in [0.05, 0.1) is 0 Å². The number of rotatable bonds is 8. The molecule has 0 aliphatic carbocycles. The monoisotopic (exact) mass is 284 g/mol. The lowest BCUT2D eigenvalue weighted by Gasteiger charge is -2.22. The molecule has 2 aromatic rings. The van der Waals surface area contributed by atoms with Gasteiger partial charge in [0.25, 0.3) is 0 Å². The maximum atomic E-state index is 4.46. The number of hydrogen-bond donors (Lipinski definition) is 1. The maximum absolute atomic E-state index is 4.46. The highest BCUT2D eigenvalue weighted by atomic mass is 15.1. The molecule has 0 aromatic carbocycles. The minimum Gasteiger partial charge on any atom is -0.370 e. The van der Waals surface area contributed by atoms with Gasteiger partial charge in [-0.2, -0.15) is 0 Å². The van der Waals surface area contributed by atoms with Crippen molar-refractivity contribution in [3.05, 3.63) is 54.0 Å². The van der Waals surface area contributed by atoms with Crippen LogP contribution in [0.25, 0.3) is 0 Å². The molecule has 4 nitrogen and oxygen atoms in total. The lowest BCUT2D eigenvalue weighted by molar-refractivity contribution is 0.271. The van der Waals surface area contributed by atoms with Crippen LogP contribution in [0.5, 0.6) is 0 Å². The number of nitrogens with zero attached hydrogens (tertiary/aromatic N) is 3. The Morgan fingerprint density at radius 3 is 2.57 bits per heavy atom. The molecule has 4 heteroatoms. The van der Waals surface area contributed by atoms with Crippen molar-refractivity contribution >= 4 is 5.82 Å². The van der Waals surface area contributed by atoms with Crippen LogP contribution in [0.15, 0.2) is 42.9 Å². The van der Waals surface area contributed by atoms with E-state index in [4.69, 9.17) is 0 Å². The first-order valence-electron chi connectivity index (χ1n) is 7.62. The molecule has 1 N–H and O–H groups in total. The summed E-state index contributed by atoms with van der Waals surface area (Å²) in [6.07, 6.45) is 6.65. The largest absolute Gasteiger partial charge is 0.370 e. The van der Waals surface area contributed by atoms with Crippen LogP contribution in [0.3, 0.4) is 0 Å². The van der Waals surface area contributed by atoms with Crippen LogP contribution in [0.4, 0.5) is 5.82 Å². The molecule has 0 saturated heterocycles. The first-order valence-corrected chi connectivity index (χ1v) is 7.62. The summed E-state index contributed by atoms with van der Waals surface area (Å²) in [6.45, 7) is 8.15. The average molecular weight is 284 g/mol. The van der Waals surface area contributed by atoms with E-state index in [1.807, 2.05) is 24.7 Å². The van der Waals surface area contributed by atoms with Gasteiger partial charge in [0.1, 0.15) is 5.82 Å². The van der Waals surface area contributed by atoms with Crippen LogP contribution in [0, 0.1) is 0 Å². The Kier molecular flexibility index (Phi) is 6.16. The summed E-state index contributed by atoms with van der Waals surface area (Å²) < 4.78 is 0. The van der Waals surface area contributed by atoms with Crippen LogP contribution >= 0.6 is 0 Å². The molecule has 0 unspecified atom stereocenters. The van der Waals surface area contributed by atoms with Gasteiger partial charge in [0.2, 0.25) is 0 Å². The summed E-state index contributed by atoms with van der Waals surface area (Å²) in [4.78, 5) is 10.9. The molecule has 0 atom stereocenters. The van der Waals surface area contributed by atoms with Gasteiger partial charge in [-0.15, -0.1) is 0 Å². The van der Waals surface area contributed by atoms with Crippen molar-refractivity contribution in [3.63, 3.8) is 0 Å². The minimum atomic E-state index is 0.901. The predicted molar refractivity (Wildman–Crippen MR) is 87.0 cm³/mol. The Bertz CT molecular complexity index is 527. The lowest BCUT2D eigenvalue weighted by Crippen LogP contribution is -2.23. The first kappa shape index (κ1) is 15.4. The van der Waals surface area contributed by atoms with Crippen LogP contribution < -0.4 is 5.32 Å². The van der Waals surface area contributed by atoms with Gasteiger partial charge in [-0.05, 0) is 36.7 Å². The third kappa shape index (κ3) is 4.83. The Hall–Kier alpha value is -1.94. The summed E-state index contributed by atoms with van der Waals surface area (Å²) in [5.74, 6) is 1.01. The van der Waals surface area contributed by atoms with E-state index in [1.165, 1.54) is 11.1 Å². The highest BCUT2D eigenvalue weighted by Crippen LogP contribution is 2.15. The number of aromatic nitrogens is 2. The fourth-order valence-corrected chi connectivity index (χ4v) is 2.24. The fourth-order valence-electron chi connectivity index (χ4n) is 2.24. The topological polar surface area (TPSA) is 41.1 Å². The van der Waals surface area contributed by atoms with Crippen molar-refractivity contribution in [1.29, 1.82) is 0 Å². The molecule has 0 amide bonds. The van der Waals surface area contributed by atoms with Crippen LogP contribution in [-0.4, -0.2) is 28.0 Å². The molecule has 0 spiro atoms. The molecule has 0 bridgehead atoms. The number of pyridine rings is 2. The second-order valence-corrected chi connectivity index (χ2v) is 5.10. The van der Waals surface area contributed by atoms with Crippen molar-refractivity contribution in [2.75, 3.05) is 18.4 Å². The van der Waals surface area contributed by atoms with E-state index in [2.05, 4.69) is 52.2 Å². The zero-order valence-electron chi connectivity index (χ0n) is 12.9. The van der Waals surface area contributed by atoms with Crippen LogP contribution in [0.1, 0.15) is 31.4 Å². The molecule has 0 fully saturated rings. The van der Waals surface area contributed by atoms with Gasteiger partial charge in [0.15, 0.2) is 0 Å². The highest BCUT2D eigenvalue weighted by molar-refractivity contribution is 5.43. The molecule has 2 heterocycles.